The first-order chi connectivity index (χ1) is 10.2. The van der Waals surface area contributed by atoms with Crippen LogP contribution in [0.3, 0.4) is 0 Å². The van der Waals surface area contributed by atoms with Crippen LogP contribution in [-0.2, 0) is 11.2 Å². The summed E-state index contributed by atoms with van der Waals surface area (Å²) in [6, 6.07) is 0. The monoisotopic (exact) mass is 327 g/mol. The number of ether oxygens (including phenoxy) is 1. The van der Waals surface area contributed by atoms with Crippen molar-refractivity contribution in [2.45, 2.75) is 51.2 Å². The summed E-state index contributed by atoms with van der Waals surface area (Å²) in [5.41, 5.74) is -0.853. The smallest absolute Gasteiger partial charge is 0.410 e. The summed E-state index contributed by atoms with van der Waals surface area (Å²) in [5.74, 6) is 0. The van der Waals surface area contributed by atoms with Crippen molar-refractivity contribution in [2.24, 2.45) is 0 Å². The maximum Gasteiger partial charge on any atom is 0.410 e. The minimum absolute atomic E-state index is 0.311. The van der Waals surface area contributed by atoms with Gasteiger partial charge < -0.3 is 14.7 Å². The van der Waals surface area contributed by atoms with Gasteiger partial charge in [0.25, 0.3) is 0 Å². The molecule has 1 fully saturated rings. The standard InChI is InChI=1S/C15H22ClN3O3/c1-14(2,3)22-13(20)19-8-4-15(21,5-9-19)10-11-12(16)18-7-6-17-11/h6-7,21H,4-5,8-10H2,1-3H3. The zero-order valence-electron chi connectivity index (χ0n) is 13.2. The molecule has 1 N–H and O–H groups in total. The van der Waals surface area contributed by atoms with E-state index in [2.05, 4.69) is 9.97 Å². The molecule has 6 nitrogen and oxygen atoms in total. The summed E-state index contributed by atoms with van der Waals surface area (Å²) in [4.78, 5) is 21.8. The lowest BCUT2D eigenvalue weighted by atomic mass is 9.87. The van der Waals surface area contributed by atoms with Gasteiger partial charge in [-0.1, -0.05) is 11.6 Å². The summed E-state index contributed by atoms with van der Waals surface area (Å²) in [7, 11) is 0. The molecule has 1 aromatic rings. The molecule has 0 atom stereocenters. The molecule has 2 heterocycles. The van der Waals surface area contributed by atoms with Crippen molar-refractivity contribution in [3.05, 3.63) is 23.2 Å². The summed E-state index contributed by atoms with van der Waals surface area (Å²) in [6.45, 7) is 6.40. The second-order valence-corrected chi connectivity index (χ2v) is 7.02. The van der Waals surface area contributed by atoms with Gasteiger partial charge in [0, 0.05) is 31.9 Å². The first-order valence-corrected chi connectivity index (χ1v) is 7.72. The molecule has 1 aliphatic rings. The molecule has 1 aliphatic heterocycles. The Bertz CT molecular complexity index is 537. The molecule has 0 unspecified atom stereocenters. The molecule has 0 saturated carbocycles. The van der Waals surface area contributed by atoms with Gasteiger partial charge >= 0.3 is 6.09 Å². The molecule has 0 radical (unpaired) electrons. The lowest BCUT2D eigenvalue weighted by Crippen LogP contribution is -2.49. The number of halogens is 1. The molecule has 122 valence electrons. The van der Waals surface area contributed by atoms with Gasteiger partial charge in [0.1, 0.15) is 5.60 Å². The molecule has 2 rings (SSSR count). The molecule has 1 saturated heterocycles. The SMILES string of the molecule is CC(C)(C)OC(=O)N1CCC(O)(Cc2nccnc2Cl)CC1. The molecule has 7 heteroatoms. The third-order valence-electron chi connectivity index (χ3n) is 3.57. The number of hydrogen-bond donors (Lipinski definition) is 1. The average Bonchev–Trinajstić information content (AvgIpc) is 2.40. The van der Waals surface area contributed by atoms with Crippen LogP contribution in [-0.4, -0.2) is 50.4 Å². The van der Waals surface area contributed by atoms with Gasteiger partial charge in [-0.3, -0.25) is 4.98 Å². The first-order valence-electron chi connectivity index (χ1n) is 7.34. The Morgan fingerprint density at radius 1 is 1.36 bits per heavy atom. The van der Waals surface area contributed by atoms with Crippen molar-refractivity contribution in [1.29, 1.82) is 0 Å². The van der Waals surface area contributed by atoms with Crippen LogP contribution in [0.2, 0.25) is 5.15 Å². The van der Waals surface area contributed by atoms with Crippen LogP contribution in [0.25, 0.3) is 0 Å². The molecule has 22 heavy (non-hydrogen) atoms. The van der Waals surface area contributed by atoms with Gasteiger partial charge in [-0.25, -0.2) is 9.78 Å². The second-order valence-electron chi connectivity index (χ2n) is 6.66. The second kappa shape index (κ2) is 6.38. The normalized spacial score (nSPS) is 18.1. The molecule has 1 amide bonds. The zero-order valence-corrected chi connectivity index (χ0v) is 13.9. The van der Waals surface area contributed by atoms with Gasteiger partial charge in [-0.2, -0.15) is 0 Å². The number of aliphatic hydroxyl groups is 1. The summed E-state index contributed by atoms with van der Waals surface area (Å²) in [6.07, 6.45) is 3.98. The maximum atomic E-state index is 12.0. The number of carbonyl (C=O) groups is 1. The summed E-state index contributed by atoms with van der Waals surface area (Å²) < 4.78 is 5.34. The highest BCUT2D eigenvalue weighted by Crippen LogP contribution is 2.28. The van der Waals surface area contributed by atoms with Crippen molar-refractivity contribution in [2.75, 3.05) is 13.1 Å². The van der Waals surface area contributed by atoms with E-state index in [1.165, 1.54) is 6.20 Å². The number of piperidine rings is 1. The van der Waals surface area contributed by atoms with Gasteiger partial charge in [-0.15, -0.1) is 0 Å². The Morgan fingerprint density at radius 2 is 1.95 bits per heavy atom. The molecular formula is C15H22ClN3O3. The van der Waals surface area contributed by atoms with Crippen molar-refractivity contribution in [1.82, 2.24) is 14.9 Å². The highest BCUT2D eigenvalue weighted by Gasteiger charge is 2.36. The Morgan fingerprint density at radius 3 is 2.50 bits per heavy atom. The summed E-state index contributed by atoms with van der Waals surface area (Å²) >= 11 is 5.99. The molecule has 0 spiro atoms. The predicted octanol–water partition coefficient (Wildman–Crippen LogP) is 2.43. The Kier molecular flexibility index (Phi) is 4.92. The van der Waals surface area contributed by atoms with E-state index in [1.807, 2.05) is 20.8 Å². The minimum Gasteiger partial charge on any atom is -0.444 e. The third kappa shape index (κ3) is 4.55. The topological polar surface area (TPSA) is 75.5 Å². The van der Waals surface area contributed by atoms with Gasteiger partial charge in [0.15, 0.2) is 5.15 Å². The van der Waals surface area contributed by atoms with Crippen LogP contribution in [0.4, 0.5) is 4.79 Å². The van der Waals surface area contributed by atoms with E-state index in [0.29, 0.717) is 43.2 Å². The number of aromatic nitrogens is 2. The van der Waals surface area contributed by atoms with E-state index in [4.69, 9.17) is 16.3 Å². The third-order valence-corrected chi connectivity index (χ3v) is 3.88. The highest BCUT2D eigenvalue weighted by atomic mass is 35.5. The molecule has 0 aliphatic carbocycles. The van der Waals surface area contributed by atoms with E-state index >= 15 is 0 Å². The molecule has 1 aromatic heterocycles. The lowest BCUT2D eigenvalue weighted by molar-refractivity contribution is -0.0320. The van der Waals surface area contributed by atoms with Crippen LogP contribution < -0.4 is 0 Å². The number of carbonyl (C=O) groups excluding carboxylic acids is 1. The highest BCUT2D eigenvalue weighted by molar-refractivity contribution is 6.29. The largest absolute Gasteiger partial charge is 0.444 e. The minimum atomic E-state index is -0.918. The van der Waals surface area contributed by atoms with Gasteiger partial charge in [0.2, 0.25) is 0 Å². The maximum absolute atomic E-state index is 12.0. The molecular weight excluding hydrogens is 306 g/mol. The molecule has 0 aromatic carbocycles. The Hall–Kier alpha value is -1.40. The van der Waals surface area contributed by atoms with Crippen LogP contribution in [0, 0.1) is 0 Å². The van der Waals surface area contributed by atoms with E-state index in [0.717, 1.165) is 0 Å². The fourth-order valence-electron chi connectivity index (χ4n) is 2.39. The van der Waals surface area contributed by atoms with Crippen LogP contribution >= 0.6 is 11.6 Å². The van der Waals surface area contributed by atoms with E-state index in [-0.39, 0.29) is 6.09 Å². The van der Waals surface area contributed by atoms with E-state index < -0.39 is 11.2 Å². The lowest BCUT2D eigenvalue weighted by Gasteiger charge is -2.38. The van der Waals surface area contributed by atoms with Crippen LogP contribution in [0.15, 0.2) is 12.4 Å². The number of amides is 1. The zero-order chi connectivity index (χ0) is 16.4. The van der Waals surface area contributed by atoms with Crippen molar-refractivity contribution in [3.8, 4) is 0 Å². The van der Waals surface area contributed by atoms with Gasteiger partial charge in [0.05, 0.1) is 11.3 Å². The van der Waals surface area contributed by atoms with E-state index in [9.17, 15) is 9.90 Å². The number of hydrogen-bond acceptors (Lipinski definition) is 5. The van der Waals surface area contributed by atoms with Gasteiger partial charge in [-0.05, 0) is 33.6 Å². The Balaban J connectivity index is 1.93. The van der Waals surface area contributed by atoms with Crippen LogP contribution in [0.1, 0.15) is 39.3 Å². The average molecular weight is 328 g/mol. The fourth-order valence-corrected chi connectivity index (χ4v) is 2.56. The number of rotatable bonds is 2. The number of likely N-dealkylation sites (tertiary alicyclic amines) is 1. The van der Waals surface area contributed by atoms with Crippen molar-refractivity contribution < 1.29 is 14.6 Å². The molecule has 0 bridgehead atoms. The first kappa shape index (κ1) is 17.0. The number of nitrogens with zero attached hydrogens (tertiary/aromatic N) is 3. The summed E-state index contributed by atoms with van der Waals surface area (Å²) in [5, 5.41) is 11.0. The quantitative estimate of drug-likeness (QED) is 0.903. The Labute approximate surface area is 135 Å². The fraction of sp³-hybridized carbons (Fsp3) is 0.667. The van der Waals surface area contributed by atoms with Crippen molar-refractivity contribution in [3.63, 3.8) is 0 Å². The predicted molar refractivity (Wildman–Crippen MR) is 82.7 cm³/mol. The van der Waals surface area contributed by atoms with Crippen molar-refractivity contribution >= 4 is 17.7 Å². The van der Waals surface area contributed by atoms with Crippen LogP contribution in [0.5, 0.6) is 0 Å². The van der Waals surface area contributed by atoms with E-state index in [1.54, 1.807) is 11.1 Å².